The van der Waals surface area contributed by atoms with Gasteiger partial charge in [-0.15, -0.1) is 5.10 Å². The minimum absolute atomic E-state index is 0.0372. The fourth-order valence-corrected chi connectivity index (χ4v) is 4.18. The lowest BCUT2D eigenvalue weighted by Crippen LogP contribution is -2.44. The van der Waals surface area contributed by atoms with Gasteiger partial charge in [-0.3, -0.25) is 9.89 Å². The molecule has 1 amide bonds. The number of thioether (sulfide) groups is 1. The number of rotatable bonds is 7. The summed E-state index contributed by atoms with van der Waals surface area (Å²) in [5.74, 6) is 2.87. The Morgan fingerprint density at radius 1 is 1.39 bits per heavy atom. The van der Waals surface area contributed by atoms with Crippen molar-refractivity contribution in [3.63, 3.8) is 0 Å². The number of aryl methyl sites for hydroxylation is 1. The molecule has 28 heavy (non-hydrogen) atoms. The molecule has 1 aliphatic carbocycles. The molecule has 3 rings (SSSR count). The van der Waals surface area contributed by atoms with Crippen molar-refractivity contribution in [1.82, 2.24) is 20.5 Å². The van der Waals surface area contributed by atoms with E-state index in [0.717, 1.165) is 17.7 Å². The highest BCUT2D eigenvalue weighted by molar-refractivity contribution is 7.99. The first-order valence-electron chi connectivity index (χ1n) is 9.64. The van der Waals surface area contributed by atoms with E-state index in [4.69, 9.17) is 16.3 Å². The number of amides is 1. The first-order valence-corrected chi connectivity index (χ1v) is 11.0. The molecule has 0 radical (unpaired) electrons. The molecule has 1 aromatic carbocycles. The van der Waals surface area contributed by atoms with Crippen molar-refractivity contribution in [2.24, 2.45) is 11.8 Å². The molecule has 3 atom stereocenters. The zero-order valence-electron chi connectivity index (χ0n) is 16.5. The number of hydrogen-bond donors (Lipinski definition) is 2. The Hall–Kier alpha value is -1.73. The average Bonchev–Trinajstić information content (AvgIpc) is 3.13. The van der Waals surface area contributed by atoms with Gasteiger partial charge in [0.15, 0.2) is 5.82 Å². The van der Waals surface area contributed by atoms with E-state index >= 15 is 0 Å². The number of nitrogens with zero attached hydrogens (tertiary/aromatic N) is 2. The zero-order valence-corrected chi connectivity index (χ0v) is 18.1. The molecule has 8 heteroatoms. The maximum absolute atomic E-state index is 12.3. The third kappa shape index (κ3) is 5.64. The average molecular weight is 423 g/mol. The maximum Gasteiger partial charge on any atom is 0.230 e. The van der Waals surface area contributed by atoms with E-state index in [1.165, 1.54) is 24.6 Å². The van der Waals surface area contributed by atoms with Gasteiger partial charge < -0.3 is 10.1 Å². The largest absolute Gasteiger partial charge is 0.486 e. The Kier molecular flexibility index (Phi) is 7.24. The van der Waals surface area contributed by atoms with Crippen LogP contribution in [0.5, 0.6) is 5.75 Å². The summed E-state index contributed by atoms with van der Waals surface area (Å²) in [6.07, 6.45) is 3.50. The Morgan fingerprint density at radius 3 is 3.00 bits per heavy atom. The van der Waals surface area contributed by atoms with Gasteiger partial charge in [-0.2, -0.15) is 0 Å². The molecule has 0 bridgehead atoms. The van der Waals surface area contributed by atoms with Crippen LogP contribution in [0.3, 0.4) is 0 Å². The summed E-state index contributed by atoms with van der Waals surface area (Å²) in [6, 6.07) is 5.78. The van der Waals surface area contributed by atoms with Crippen molar-refractivity contribution in [2.75, 3.05) is 5.75 Å². The Labute approximate surface area is 175 Å². The topological polar surface area (TPSA) is 79.9 Å². The van der Waals surface area contributed by atoms with Crippen LogP contribution < -0.4 is 10.1 Å². The van der Waals surface area contributed by atoms with Gasteiger partial charge in [-0.05, 0) is 48.9 Å². The summed E-state index contributed by atoms with van der Waals surface area (Å²) in [5, 5.41) is 11.4. The molecular formula is C20H27ClN4O2S. The fraction of sp³-hybridized carbons (Fsp3) is 0.550. The van der Waals surface area contributed by atoms with E-state index in [1.807, 2.05) is 19.1 Å². The van der Waals surface area contributed by atoms with E-state index in [9.17, 15) is 4.79 Å². The minimum atomic E-state index is 0.0372. The number of ether oxygens (including phenoxy) is 1. The van der Waals surface area contributed by atoms with Gasteiger partial charge in [-0.25, -0.2) is 4.98 Å². The van der Waals surface area contributed by atoms with E-state index in [-0.39, 0.29) is 18.6 Å². The van der Waals surface area contributed by atoms with Crippen molar-refractivity contribution in [1.29, 1.82) is 0 Å². The molecule has 152 valence electrons. The molecule has 1 saturated carbocycles. The summed E-state index contributed by atoms with van der Waals surface area (Å²) in [6.45, 7) is 6.70. The third-order valence-electron chi connectivity index (χ3n) is 5.40. The van der Waals surface area contributed by atoms with Crippen molar-refractivity contribution in [2.45, 2.75) is 57.8 Å². The lowest BCUT2D eigenvalue weighted by atomic mass is 9.78. The highest BCUT2D eigenvalue weighted by atomic mass is 35.5. The standard InChI is InChI=1S/C20H27ClN4O2S/c1-12-5-4-6-17(14(12)3)22-19(26)11-28-20-23-18(24-25-20)10-27-15-7-8-16(21)13(2)9-15/h7-9,12,14,17H,4-6,10-11H2,1-3H3,(H,22,26)(H,23,24,25)/t12-,14+,17+/m1/s1. The number of H-pyrrole nitrogens is 1. The van der Waals surface area contributed by atoms with E-state index in [2.05, 4.69) is 34.3 Å². The lowest BCUT2D eigenvalue weighted by Gasteiger charge is -2.34. The lowest BCUT2D eigenvalue weighted by molar-refractivity contribution is -0.120. The van der Waals surface area contributed by atoms with E-state index < -0.39 is 0 Å². The molecule has 2 aromatic rings. The fourth-order valence-electron chi connectivity index (χ4n) is 3.43. The van der Waals surface area contributed by atoms with Crippen LogP contribution in [0.4, 0.5) is 0 Å². The molecule has 1 heterocycles. The smallest absolute Gasteiger partial charge is 0.230 e. The molecule has 1 aliphatic rings. The Balaban J connectivity index is 1.44. The first kappa shape index (κ1) is 21.0. The summed E-state index contributed by atoms with van der Waals surface area (Å²) in [7, 11) is 0. The van der Waals surface area contributed by atoms with Crippen LogP contribution in [0.1, 0.15) is 44.5 Å². The maximum atomic E-state index is 12.3. The highest BCUT2D eigenvalue weighted by Crippen LogP contribution is 2.29. The van der Waals surface area contributed by atoms with Crippen LogP contribution in [0.25, 0.3) is 0 Å². The quantitative estimate of drug-likeness (QED) is 0.647. The number of benzene rings is 1. The number of hydrogen-bond acceptors (Lipinski definition) is 5. The number of nitrogens with one attached hydrogen (secondary N) is 2. The van der Waals surface area contributed by atoms with Gasteiger partial charge in [0, 0.05) is 11.1 Å². The predicted molar refractivity (Wildman–Crippen MR) is 112 cm³/mol. The number of aromatic nitrogens is 3. The Bertz CT molecular complexity index is 813. The third-order valence-corrected chi connectivity index (χ3v) is 6.67. The molecule has 1 aromatic heterocycles. The first-order chi connectivity index (χ1) is 13.4. The monoisotopic (exact) mass is 422 g/mol. The highest BCUT2D eigenvalue weighted by Gasteiger charge is 2.28. The predicted octanol–water partition coefficient (Wildman–Crippen LogP) is 4.38. The van der Waals surface area contributed by atoms with Gasteiger partial charge in [0.1, 0.15) is 12.4 Å². The summed E-state index contributed by atoms with van der Waals surface area (Å²) in [4.78, 5) is 16.7. The summed E-state index contributed by atoms with van der Waals surface area (Å²) < 4.78 is 5.71. The van der Waals surface area contributed by atoms with Crippen LogP contribution in [0.15, 0.2) is 23.4 Å². The van der Waals surface area contributed by atoms with Gasteiger partial charge >= 0.3 is 0 Å². The summed E-state index contributed by atoms with van der Waals surface area (Å²) >= 11 is 7.35. The van der Waals surface area contributed by atoms with Gasteiger partial charge in [0.2, 0.25) is 11.1 Å². The van der Waals surface area contributed by atoms with Crippen molar-refractivity contribution >= 4 is 29.3 Å². The second-order valence-electron chi connectivity index (χ2n) is 7.49. The zero-order chi connectivity index (χ0) is 20.1. The second kappa shape index (κ2) is 9.65. The molecule has 2 N–H and O–H groups in total. The molecule has 6 nitrogen and oxygen atoms in total. The number of halogens is 1. The second-order valence-corrected chi connectivity index (χ2v) is 8.84. The molecule has 0 spiro atoms. The minimum Gasteiger partial charge on any atom is -0.486 e. The van der Waals surface area contributed by atoms with Crippen LogP contribution in [-0.2, 0) is 11.4 Å². The molecule has 0 aliphatic heterocycles. The van der Waals surface area contributed by atoms with Crippen LogP contribution >= 0.6 is 23.4 Å². The Morgan fingerprint density at radius 2 is 2.21 bits per heavy atom. The number of aromatic amines is 1. The number of carbonyl (C=O) groups is 1. The van der Waals surface area contributed by atoms with Crippen LogP contribution in [0, 0.1) is 18.8 Å². The molecular weight excluding hydrogens is 396 g/mol. The summed E-state index contributed by atoms with van der Waals surface area (Å²) in [5.41, 5.74) is 0.959. The van der Waals surface area contributed by atoms with Crippen LogP contribution in [0.2, 0.25) is 5.02 Å². The van der Waals surface area contributed by atoms with Gasteiger partial charge in [-0.1, -0.05) is 50.1 Å². The molecule has 1 fully saturated rings. The van der Waals surface area contributed by atoms with Gasteiger partial charge in [0.05, 0.1) is 5.75 Å². The van der Waals surface area contributed by atoms with Crippen LogP contribution in [-0.4, -0.2) is 32.9 Å². The molecule has 0 unspecified atom stereocenters. The van der Waals surface area contributed by atoms with E-state index in [0.29, 0.717) is 33.6 Å². The van der Waals surface area contributed by atoms with Gasteiger partial charge in [0.25, 0.3) is 0 Å². The SMILES string of the molecule is Cc1cc(OCc2nc(SCC(=O)N[C@H]3CCC[C@@H](C)[C@@H]3C)n[nH]2)ccc1Cl. The van der Waals surface area contributed by atoms with Crippen molar-refractivity contribution < 1.29 is 9.53 Å². The van der Waals surface area contributed by atoms with E-state index in [1.54, 1.807) is 6.07 Å². The molecule has 0 saturated heterocycles. The normalized spacial score (nSPS) is 22.1. The number of carbonyl (C=O) groups excluding carboxylic acids is 1. The van der Waals surface area contributed by atoms with Crippen molar-refractivity contribution in [3.8, 4) is 5.75 Å². The van der Waals surface area contributed by atoms with Crippen molar-refractivity contribution in [3.05, 3.63) is 34.6 Å².